The molecule has 0 bridgehead atoms. The first-order chi connectivity index (χ1) is 8.86. The number of hydrogen-bond donors (Lipinski definition) is 0. The first-order valence-electron chi connectivity index (χ1n) is 5.51. The van der Waals surface area contributed by atoms with E-state index in [0.29, 0.717) is 17.1 Å². The van der Waals surface area contributed by atoms with Crippen molar-refractivity contribution in [1.82, 2.24) is 4.57 Å². The number of hydrogen-bond acceptors (Lipinski definition) is 4. The zero-order valence-electron chi connectivity index (χ0n) is 9.91. The van der Waals surface area contributed by atoms with E-state index in [4.69, 9.17) is 39.5 Å². The van der Waals surface area contributed by atoms with Crippen LogP contribution in [0.1, 0.15) is 27.8 Å². The third kappa shape index (κ3) is 2.89. The van der Waals surface area contributed by atoms with Gasteiger partial charge in [0.1, 0.15) is 0 Å². The van der Waals surface area contributed by atoms with Crippen molar-refractivity contribution in [3.05, 3.63) is 17.3 Å². The monoisotopic (exact) mass is 341 g/mol. The van der Waals surface area contributed by atoms with Crippen LogP contribution in [0.4, 0.5) is 0 Å². The van der Waals surface area contributed by atoms with Gasteiger partial charge in [0.2, 0.25) is 5.78 Å². The number of aromatic nitrogens is 1. The molecule has 8 heteroatoms. The molecule has 0 unspecified atom stereocenters. The number of thioether (sulfide) groups is 1. The van der Waals surface area contributed by atoms with Gasteiger partial charge in [0.15, 0.2) is 0 Å². The van der Waals surface area contributed by atoms with Crippen LogP contribution in [0.3, 0.4) is 0 Å². The number of rotatable bonds is 3. The topological polar surface area (TPSA) is 48.3 Å². The van der Waals surface area contributed by atoms with Crippen LogP contribution >= 0.6 is 46.6 Å². The first kappa shape index (κ1) is 15.0. The number of carbonyl (C=O) groups excluding carboxylic acids is 2. The fraction of sp³-hybridized carbons (Fsp3) is 0.455. The normalized spacial score (nSPS) is 14.3. The largest absolute Gasteiger partial charge is 0.462 e. The highest BCUT2D eigenvalue weighted by molar-refractivity contribution is 7.99. The molecule has 0 atom stereocenters. The van der Waals surface area contributed by atoms with E-state index in [1.54, 1.807) is 11.5 Å². The van der Waals surface area contributed by atoms with Crippen LogP contribution in [0.25, 0.3) is 0 Å². The summed E-state index contributed by atoms with van der Waals surface area (Å²) in [5.41, 5.74) is 0.574. The molecule has 0 saturated heterocycles. The molecule has 0 radical (unpaired) electrons. The highest BCUT2D eigenvalue weighted by Crippen LogP contribution is 2.37. The lowest BCUT2D eigenvalue weighted by Gasteiger charge is -2.10. The van der Waals surface area contributed by atoms with E-state index in [9.17, 15) is 9.59 Å². The Hall–Kier alpha value is -0.360. The molecule has 1 aliphatic heterocycles. The van der Waals surface area contributed by atoms with Crippen molar-refractivity contribution in [3.63, 3.8) is 0 Å². The molecule has 0 aliphatic carbocycles. The molecule has 0 saturated carbocycles. The minimum atomic E-state index is -2.03. The van der Waals surface area contributed by atoms with E-state index in [1.807, 2.05) is 0 Å². The fourth-order valence-electron chi connectivity index (χ4n) is 1.83. The van der Waals surface area contributed by atoms with Gasteiger partial charge in [0, 0.05) is 12.3 Å². The van der Waals surface area contributed by atoms with Gasteiger partial charge >= 0.3 is 5.97 Å². The third-order valence-corrected chi connectivity index (χ3v) is 4.20. The summed E-state index contributed by atoms with van der Waals surface area (Å²) in [6.07, 6.45) is 0. The van der Waals surface area contributed by atoms with E-state index < -0.39 is 15.5 Å². The molecule has 1 aromatic rings. The Morgan fingerprint density at radius 2 is 2.16 bits per heavy atom. The molecular weight excluding hydrogens is 333 g/mol. The number of halogens is 3. The van der Waals surface area contributed by atoms with Crippen LogP contribution < -0.4 is 0 Å². The Bertz CT molecular complexity index is 536. The summed E-state index contributed by atoms with van der Waals surface area (Å²) < 4.78 is 4.62. The molecule has 0 amide bonds. The van der Waals surface area contributed by atoms with Crippen molar-refractivity contribution < 1.29 is 14.3 Å². The van der Waals surface area contributed by atoms with Crippen LogP contribution in [-0.4, -0.2) is 32.5 Å². The Kier molecular flexibility index (Phi) is 4.40. The predicted octanol–water partition coefficient (Wildman–Crippen LogP) is 3.32. The van der Waals surface area contributed by atoms with Gasteiger partial charge in [-0.3, -0.25) is 4.79 Å². The Balaban J connectivity index is 2.45. The molecule has 0 aromatic carbocycles. The van der Waals surface area contributed by atoms with Crippen LogP contribution in [-0.2, 0) is 11.3 Å². The zero-order valence-corrected chi connectivity index (χ0v) is 13.0. The zero-order chi connectivity index (χ0) is 14.2. The highest BCUT2D eigenvalue weighted by Gasteiger charge is 2.37. The summed E-state index contributed by atoms with van der Waals surface area (Å²) in [5, 5.41) is 0.691. The number of carbonyl (C=O) groups is 2. The summed E-state index contributed by atoms with van der Waals surface area (Å²) in [4.78, 5) is 23.9. The van der Waals surface area contributed by atoms with Crippen molar-refractivity contribution >= 4 is 58.3 Å². The second kappa shape index (κ2) is 5.56. The molecule has 4 nitrogen and oxygen atoms in total. The van der Waals surface area contributed by atoms with E-state index in [-0.39, 0.29) is 12.3 Å². The molecule has 1 aromatic heterocycles. The van der Waals surface area contributed by atoms with Crippen LogP contribution in [0.5, 0.6) is 0 Å². The number of Topliss-reactive ketones (excluding diaryl/α,β-unsaturated/α-hetero) is 1. The van der Waals surface area contributed by atoms with E-state index in [0.717, 1.165) is 5.75 Å². The highest BCUT2D eigenvalue weighted by atomic mass is 35.6. The van der Waals surface area contributed by atoms with Crippen molar-refractivity contribution in [1.29, 1.82) is 0 Å². The minimum absolute atomic E-state index is 0.225. The number of esters is 1. The molecule has 0 spiro atoms. The molecule has 1 aliphatic rings. The number of fused-ring (bicyclic) bond motifs is 1. The SMILES string of the molecule is CCOC(=O)c1cc(C(=O)C(Cl)(Cl)Cl)n2c1SCC2. The van der Waals surface area contributed by atoms with Gasteiger partial charge in [0.05, 0.1) is 22.9 Å². The van der Waals surface area contributed by atoms with Crippen molar-refractivity contribution in [2.75, 3.05) is 12.4 Å². The summed E-state index contributed by atoms with van der Waals surface area (Å²) in [7, 11) is 0. The van der Waals surface area contributed by atoms with Gasteiger partial charge in [-0.15, -0.1) is 11.8 Å². The van der Waals surface area contributed by atoms with Gasteiger partial charge in [-0.05, 0) is 13.0 Å². The average molecular weight is 343 g/mol. The first-order valence-corrected chi connectivity index (χ1v) is 7.63. The molecule has 2 rings (SSSR count). The fourth-order valence-corrected chi connectivity index (χ4v) is 3.23. The summed E-state index contributed by atoms with van der Waals surface area (Å²) >= 11 is 18.3. The summed E-state index contributed by atoms with van der Waals surface area (Å²) in [6.45, 7) is 2.58. The Morgan fingerprint density at radius 1 is 1.47 bits per heavy atom. The van der Waals surface area contributed by atoms with E-state index >= 15 is 0 Å². The standard InChI is InChI=1S/C11H10Cl3NO3S/c1-2-18-10(17)6-5-7(8(16)11(12,13)14)15-3-4-19-9(6)15/h5H,2-4H2,1H3. The van der Waals surface area contributed by atoms with Gasteiger partial charge in [0.25, 0.3) is 3.79 Å². The number of ketones is 1. The van der Waals surface area contributed by atoms with Crippen LogP contribution in [0, 0.1) is 0 Å². The average Bonchev–Trinajstić information content (AvgIpc) is 2.87. The molecule has 19 heavy (non-hydrogen) atoms. The lowest BCUT2D eigenvalue weighted by molar-refractivity contribution is 0.0522. The molecule has 2 heterocycles. The number of alkyl halides is 3. The summed E-state index contributed by atoms with van der Waals surface area (Å²) in [5.74, 6) is -0.344. The Labute approximate surface area is 129 Å². The number of ether oxygens (including phenoxy) is 1. The quantitative estimate of drug-likeness (QED) is 0.480. The van der Waals surface area contributed by atoms with Gasteiger partial charge in [-0.1, -0.05) is 34.8 Å². The van der Waals surface area contributed by atoms with Crippen molar-refractivity contribution in [2.24, 2.45) is 0 Å². The van der Waals surface area contributed by atoms with Crippen molar-refractivity contribution in [3.8, 4) is 0 Å². The maximum Gasteiger partial charge on any atom is 0.340 e. The van der Waals surface area contributed by atoms with Crippen molar-refractivity contribution in [2.45, 2.75) is 22.3 Å². The predicted molar refractivity (Wildman–Crippen MR) is 75.7 cm³/mol. The third-order valence-electron chi connectivity index (χ3n) is 2.59. The van der Waals surface area contributed by atoms with Gasteiger partial charge < -0.3 is 9.30 Å². The molecule has 0 N–H and O–H groups in total. The lowest BCUT2D eigenvalue weighted by atomic mass is 10.2. The molecule has 0 fully saturated rings. The lowest BCUT2D eigenvalue weighted by Crippen LogP contribution is -2.22. The minimum Gasteiger partial charge on any atom is -0.462 e. The van der Waals surface area contributed by atoms with E-state index in [2.05, 4.69) is 0 Å². The Morgan fingerprint density at radius 3 is 2.74 bits per heavy atom. The van der Waals surface area contributed by atoms with Gasteiger partial charge in [-0.2, -0.15) is 0 Å². The summed E-state index contributed by atoms with van der Waals surface area (Å²) in [6, 6.07) is 1.43. The number of nitrogens with zero attached hydrogens (tertiary/aromatic N) is 1. The smallest absolute Gasteiger partial charge is 0.340 e. The second-order valence-electron chi connectivity index (χ2n) is 3.80. The van der Waals surface area contributed by atoms with Crippen LogP contribution in [0.2, 0.25) is 0 Å². The molecule has 104 valence electrons. The van der Waals surface area contributed by atoms with Gasteiger partial charge in [-0.25, -0.2) is 4.79 Å². The maximum absolute atomic E-state index is 12.0. The maximum atomic E-state index is 12.0. The molecular formula is C11H10Cl3NO3S. The van der Waals surface area contributed by atoms with E-state index in [1.165, 1.54) is 17.8 Å². The second-order valence-corrected chi connectivity index (χ2v) is 7.16. The van der Waals surface area contributed by atoms with Crippen LogP contribution in [0.15, 0.2) is 11.1 Å².